The lowest BCUT2D eigenvalue weighted by Crippen LogP contribution is -2.62. The fraction of sp³-hybridized carbons (Fsp3) is 0.600. The number of methoxy groups -OCH3 is 1. The van der Waals surface area contributed by atoms with Crippen molar-refractivity contribution in [3.63, 3.8) is 0 Å². The van der Waals surface area contributed by atoms with E-state index in [9.17, 15) is 116 Å². The summed E-state index contributed by atoms with van der Waals surface area (Å²) in [5.41, 5.74) is 17.9. The standard InChI is InChI=1S/C70H105N17O26/c1-9-33(4)17-12-10-11-13-21-48(90)79-41(24-37-29-74-39-19-15-14-18-38(37)39)62(102)81-43(26-47(73)89)63(103)83-45(28-53(97)98)65(105)86-56-36(7)113-70(111)54(32(2)3)84-68(108)55(34(5)23-51(93)94)85-64(104)42(25-46(72)88)80-50(92)31-76-67(107)57(58(112-8)69(109)110)87-59(99)35(6)77-61(101)44(27-52(95)96)82-60(100)40(20-16-22-71)78-49(91)30-75-66(56)106/h14-15,18-19,29,32-36,40-45,54-58,74H,9-13,16-17,20-28,30-31,71H2,1-8H3,(H2,72,88)(H2,73,89)(H,75,106)(H,76,107)(H,77,101)(H,78,91)(H,79,90)(H,80,92)(H,81,102)(H,82,100)(H,83,103)(H,84,108)(H,85,104)(H,86,105)(H,87,99)(H,93,94)(H,95,96)(H,97,98)(H,109,110). The highest BCUT2D eigenvalue weighted by molar-refractivity contribution is 6.02. The normalized spacial score (nSPS) is 22.0. The van der Waals surface area contributed by atoms with Crippen LogP contribution < -0.4 is 86.3 Å². The molecule has 113 heavy (non-hydrogen) atoms. The van der Waals surface area contributed by atoms with Gasteiger partial charge >= 0.3 is 29.8 Å². The van der Waals surface area contributed by atoms with Crippen LogP contribution in [0.25, 0.3) is 10.9 Å². The van der Waals surface area contributed by atoms with Crippen molar-refractivity contribution in [3.8, 4) is 0 Å². The predicted octanol–water partition coefficient (Wildman–Crippen LogP) is -6.07. The number of nitrogens with two attached hydrogens (primary N) is 3. The molecular weight excluding hydrogens is 1490 g/mol. The number of hydrogen-bond donors (Lipinski definition) is 21. The molecule has 43 heteroatoms. The number of para-hydroxylation sites is 1. The molecule has 2 aromatic rings. The minimum absolute atomic E-state index is 0.00839. The fourth-order valence-corrected chi connectivity index (χ4v) is 11.5. The van der Waals surface area contributed by atoms with Gasteiger partial charge in [-0.3, -0.25) is 86.3 Å². The first-order valence-corrected chi connectivity index (χ1v) is 36.4. The Labute approximate surface area is 648 Å². The lowest BCUT2D eigenvalue weighted by molar-refractivity contribution is -0.157. The Kier molecular flexibility index (Phi) is 39.9. The second-order valence-electron chi connectivity index (χ2n) is 27.6. The molecule has 0 saturated carbocycles. The number of carbonyl (C=O) groups excluding carboxylic acids is 16. The van der Waals surface area contributed by atoms with Gasteiger partial charge in [-0.2, -0.15) is 0 Å². The van der Waals surface area contributed by atoms with Crippen LogP contribution in [0.15, 0.2) is 30.5 Å². The van der Waals surface area contributed by atoms with Crippen molar-refractivity contribution in [2.45, 2.75) is 223 Å². The zero-order chi connectivity index (χ0) is 85.1. The van der Waals surface area contributed by atoms with Crippen molar-refractivity contribution in [1.82, 2.24) is 74.1 Å². The number of amides is 15. The number of esters is 1. The number of benzene rings is 1. The molecule has 1 aliphatic heterocycles. The maximum Gasteiger partial charge on any atom is 0.335 e. The summed E-state index contributed by atoms with van der Waals surface area (Å²) in [5.74, 6) is -30.1. The molecule has 1 aromatic heterocycles. The summed E-state index contributed by atoms with van der Waals surface area (Å²) >= 11 is 0. The number of carboxylic acids is 4. The number of rotatable bonds is 35. The minimum Gasteiger partial charge on any atom is -0.481 e. The van der Waals surface area contributed by atoms with Crippen molar-refractivity contribution in [2.24, 2.45) is 35.0 Å². The van der Waals surface area contributed by atoms with Crippen LogP contribution in [0.2, 0.25) is 0 Å². The van der Waals surface area contributed by atoms with Gasteiger partial charge < -0.3 is 121 Å². The monoisotopic (exact) mass is 1600 g/mol. The van der Waals surface area contributed by atoms with E-state index in [1.165, 1.54) is 13.8 Å². The average Bonchev–Trinajstić information content (AvgIpc) is 1.82. The van der Waals surface area contributed by atoms with Gasteiger partial charge in [0.1, 0.15) is 72.6 Å². The van der Waals surface area contributed by atoms with Gasteiger partial charge in [0, 0.05) is 37.1 Å². The number of carboxylic acid groups (broad SMARTS) is 4. The first-order valence-electron chi connectivity index (χ1n) is 36.4. The Hall–Kier alpha value is -11.9. The van der Waals surface area contributed by atoms with Gasteiger partial charge in [0.2, 0.25) is 88.6 Å². The summed E-state index contributed by atoms with van der Waals surface area (Å²) in [6.07, 6.45) is -4.03. The molecule has 15 atom stereocenters. The van der Waals surface area contributed by atoms with Crippen molar-refractivity contribution < 1.29 is 126 Å². The number of aromatic nitrogens is 1. The number of nitrogens with one attached hydrogen (secondary N) is 14. The summed E-state index contributed by atoms with van der Waals surface area (Å²) < 4.78 is 10.6. The van der Waals surface area contributed by atoms with E-state index in [2.05, 4.69) is 77.3 Å². The fourth-order valence-electron chi connectivity index (χ4n) is 11.5. The Balaban J connectivity index is 2.22. The number of aliphatic carboxylic acids is 4. The Morgan fingerprint density at radius 2 is 1.13 bits per heavy atom. The van der Waals surface area contributed by atoms with Gasteiger partial charge in [-0.25, -0.2) is 9.59 Å². The summed E-state index contributed by atoms with van der Waals surface area (Å²) in [6, 6.07) is -15.2. The van der Waals surface area contributed by atoms with Gasteiger partial charge in [-0.15, -0.1) is 0 Å². The highest BCUT2D eigenvalue weighted by Crippen LogP contribution is 2.21. The summed E-state index contributed by atoms with van der Waals surface area (Å²) in [6.45, 7) is 7.34. The van der Waals surface area contributed by atoms with Gasteiger partial charge in [-0.1, -0.05) is 84.9 Å². The van der Waals surface area contributed by atoms with Gasteiger partial charge in [-0.05, 0) is 69.0 Å². The highest BCUT2D eigenvalue weighted by atomic mass is 16.5. The lowest BCUT2D eigenvalue weighted by Gasteiger charge is -2.31. The maximum absolute atomic E-state index is 14.7. The van der Waals surface area contributed by atoms with Crippen molar-refractivity contribution in [1.29, 1.82) is 0 Å². The lowest BCUT2D eigenvalue weighted by atomic mass is 9.95. The SMILES string of the molecule is CCC(C)CCCCCCC(=O)NC(Cc1c[nH]c2ccccc12)C(=O)NC(CC(N)=O)C(=O)NC(CC(=O)O)C(=O)NC1C(=O)NCC(=O)NC(CCCN)C(=O)NC(CC(=O)O)C(=O)NC(C)C(=O)NC(C(OC)C(=O)O)C(=O)NCC(=O)NC(CC(N)=O)C(=O)NC(C(C)CC(=O)O)C(=O)NC(C(C)C)C(=O)OC1C. The quantitative estimate of drug-likeness (QED) is 0.0226. The molecule has 0 spiro atoms. The number of carbonyl (C=O) groups is 20. The van der Waals surface area contributed by atoms with Crippen LogP contribution in [0, 0.1) is 17.8 Å². The van der Waals surface area contributed by atoms with Crippen molar-refractivity contribution in [2.75, 3.05) is 26.7 Å². The van der Waals surface area contributed by atoms with Crippen LogP contribution in [0.5, 0.6) is 0 Å². The molecule has 2 heterocycles. The number of primary amides is 2. The Morgan fingerprint density at radius 3 is 1.71 bits per heavy atom. The average molecular weight is 1600 g/mol. The van der Waals surface area contributed by atoms with Crippen LogP contribution in [-0.4, -0.2) is 249 Å². The van der Waals surface area contributed by atoms with Crippen LogP contribution in [-0.2, 0) is 112 Å². The molecule has 0 radical (unpaired) electrons. The molecule has 1 fully saturated rings. The molecule has 43 nitrogen and oxygen atoms in total. The minimum atomic E-state index is -2.34. The third kappa shape index (κ3) is 32.9. The molecule has 1 aliphatic rings. The molecule has 3 rings (SSSR count). The van der Waals surface area contributed by atoms with Crippen LogP contribution in [0.1, 0.15) is 144 Å². The molecular formula is C70H105N17O26. The third-order valence-corrected chi connectivity index (χ3v) is 18.0. The van der Waals surface area contributed by atoms with E-state index in [0.717, 1.165) is 53.6 Å². The number of hydrogen-bond acceptors (Lipinski definition) is 23. The molecule has 15 amide bonds. The van der Waals surface area contributed by atoms with E-state index in [0.29, 0.717) is 35.2 Å². The number of ether oxygens (including phenoxy) is 2. The van der Waals surface area contributed by atoms with E-state index in [1.807, 2.05) is 10.6 Å². The number of cyclic esters (lactones) is 1. The Morgan fingerprint density at radius 1 is 0.575 bits per heavy atom. The second kappa shape index (κ2) is 47.3. The van der Waals surface area contributed by atoms with E-state index in [1.54, 1.807) is 30.5 Å². The van der Waals surface area contributed by atoms with Crippen LogP contribution in [0.4, 0.5) is 0 Å². The molecule has 15 unspecified atom stereocenters. The van der Waals surface area contributed by atoms with Crippen molar-refractivity contribution in [3.05, 3.63) is 36.0 Å². The molecule has 0 bridgehead atoms. The topological polar surface area (TPSA) is 691 Å². The zero-order valence-electron chi connectivity index (χ0n) is 63.9. The number of H-pyrrole nitrogens is 1. The second-order valence-corrected chi connectivity index (χ2v) is 27.6. The van der Waals surface area contributed by atoms with Gasteiger partial charge in [0.05, 0.1) is 45.2 Å². The maximum atomic E-state index is 14.7. The molecule has 1 aromatic carbocycles. The summed E-state index contributed by atoms with van der Waals surface area (Å²) in [7, 11) is 0.795. The number of aromatic amines is 1. The van der Waals surface area contributed by atoms with E-state index in [4.69, 9.17) is 26.7 Å². The van der Waals surface area contributed by atoms with Crippen LogP contribution in [0.3, 0.4) is 0 Å². The smallest absolute Gasteiger partial charge is 0.335 e. The molecule has 0 aliphatic carbocycles. The first kappa shape index (κ1) is 95.3. The summed E-state index contributed by atoms with van der Waals surface area (Å²) in [4.78, 5) is 275. The van der Waals surface area contributed by atoms with Gasteiger partial charge in [0.15, 0.2) is 6.10 Å². The molecule has 1 saturated heterocycles. The third-order valence-electron chi connectivity index (χ3n) is 18.0. The van der Waals surface area contributed by atoms with Crippen molar-refractivity contribution >= 4 is 129 Å². The number of unbranched alkanes of at least 4 members (excludes halogenated alkanes) is 3. The van der Waals surface area contributed by atoms with Gasteiger partial charge in [0.25, 0.3) is 0 Å². The molecule has 24 N–H and O–H groups in total. The molecule has 626 valence electrons. The first-order chi connectivity index (χ1) is 53.1. The number of fused-ring (bicyclic) bond motifs is 1. The highest BCUT2D eigenvalue weighted by Gasteiger charge is 2.42. The largest absolute Gasteiger partial charge is 0.481 e. The van der Waals surface area contributed by atoms with E-state index < -0.39 is 254 Å². The van der Waals surface area contributed by atoms with E-state index >= 15 is 0 Å². The zero-order valence-corrected chi connectivity index (χ0v) is 63.9. The van der Waals surface area contributed by atoms with E-state index in [-0.39, 0.29) is 32.2 Å². The van der Waals surface area contributed by atoms with Crippen LogP contribution >= 0.6 is 0 Å². The summed E-state index contributed by atoms with van der Waals surface area (Å²) in [5, 5.41) is 68.9. The predicted molar refractivity (Wildman–Crippen MR) is 393 cm³/mol. The Bertz CT molecular complexity index is 3780.